The molecule has 3 heteroatoms. The van der Waals surface area contributed by atoms with Gasteiger partial charge in [0.2, 0.25) is 0 Å². The van der Waals surface area contributed by atoms with Crippen LogP contribution in [0.15, 0.2) is 16.3 Å². The van der Waals surface area contributed by atoms with Crippen LogP contribution in [0.4, 0.5) is 0 Å². The Bertz CT molecular complexity index is 386. The number of nitrogens with zero attached hydrogens (tertiary/aromatic N) is 2. The summed E-state index contributed by atoms with van der Waals surface area (Å²) in [7, 11) is 0. The molecule has 4 rings (SSSR count). The molecule has 0 aliphatic carbocycles. The van der Waals surface area contributed by atoms with Gasteiger partial charge >= 0.3 is 0 Å². The highest BCUT2D eigenvalue weighted by molar-refractivity contribution is 5.52. The van der Waals surface area contributed by atoms with Gasteiger partial charge in [-0.05, 0) is 50.4 Å². The summed E-state index contributed by atoms with van der Waals surface area (Å²) in [4.78, 5) is 2.53. The largest absolute Gasteiger partial charge is 0.357 e. The number of hydrogen-bond acceptors (Lipinski definition) is 3. The fourth-order valence-corrected chi connectivity index (χ4v) is 2.62. The molecule has 0 unspecified atom stereocenters. The Kier molecular flexibility index (Phi) is 2.13. The number of fused-ring (bicyclic) bond motifs is 3. The second-order valence-electron chi connectivity index (χ2n) is 4.64. The highest BCUT2D eigenvalue weighted by atomic mass is 16.5. The first-order chi connectivity index (χ1) is 7.33. The molecule has 0 N–H and O–H groups in total. The molecule has 1 aromatic rings. The number of aryl methyl sites for hydroxylation is 1. The van der Waals surface area contributed by atoms with E-state index in [1.165, 1.54) is 31.5 Å². The summed E-state index contributed by atoms with van der Waals surface area (Å²) in [5, 5.41) is 3.82. The second-order valence-corrected chi connectivity index (χ2v) is 4.64. The zero-order valence-electron chi connectivity index (χ0n) is 9.07. The van der Waals surface area contributed by atoms with Gasteiger partial charge in [-0.3, -0.25) is 4.90 Å². The maximum absolute atomic E-state index is 5.23. The van der Waals surface area contributed by atoms with Crippen molar-refractivity contribution in [2.45, 2.75) is 19.8 Å². The molecule has 0 atom stereocenters. The second kappa shape index (κ2) is 3.49. The van der Waals surface area contributed by atoms with E-state index in [-0.39, 0.29) is 0 Å². The van der Waals surface area contributed by atoms with Crippen molar-refractivity contribution in [3.63, 3.8) is 0 Å². The van der Waals surface area contributed by atoms with Crippen LogP contribution in [-0.2, 0) is 0 Å². The van der Waals surface area contributed by atoms with Gasteiger partial charge in [0.15, 0.2) is 5.76 Å². The van der Waals surface area contributed by atoms with Gasteiger partial charge in [-0.1, -0.05) is 5.16 Å². The number of rotatable bonds is 1. The summed E-state index contributed by atoms with van der Waals surface area (Å²) >= 11 is 0. The van der Waals surface area contributed by atoms with E-state index in [1.807, 2.05) is 6.92 Å². The van der Waals surface area contributed by atoms with Crippen molar-refractivity contribution in [2.24, 2.45) is 5.92 Å². The van der Waals surface area contributed by atoms with E-state index in [2.05, 4.69) is 16.1 Å². The summed E-state index contributed by atoms with van der Waals surface area (Å²) in [6.45, 7) is 5.73. The predicted molar refractivity (Wildman–Crippen MR) is 58.4 cm³/mol. The van der Waals surface area contributed by atoms with Crippen LogP contribution in [0.1, 0.15) is 24.2 Å². The Morgan fingerprint density at radius 2 is 2.27 bits per heavy atom. The lowest BCUT2D eigenvalue weighted by atomic mass is 9.83. The van der Waals surface area contributed by atoms with Crippen LogP contribution < -0.4 is 0 Å². The maximum Gasteiger partial charge on any atom is 0.162 e. The topological polar surface area (TPSA) is 29.3 Å². The quantitative estimate of drug-likeness (QED) is 0.701. The molecule has 0 radical (unpaired) electrons. The first kappa shape index (κ1) is 9.16. The monoisotopic (exact) mass is 204 g/mol. The fourth-order valence-electron chi connectivity index (χ4n) is 2.62. The smallest absolute Gasteiger partial charge is 0.162 e. The van der Waals surface area contributed by atoms with E-state index in [0.717, 1.165) is 23.8 Å². The fraction of sp³-hybridized carbons (Fsp3) is 0.583. The highest BCUT2D eigenvalue weighted by Gasteiger charge is 2.29. The van der Waals surface area contributed by atoms with E-state index in [9.17, 15) is 0 Å². The first-order valence-corrected chi connectivity index (χ1v) is 5.67. The molecule has 0 spiro atoms. The van der Waals surface area contributed by atoms with Crippen molar-refractivity contribution in [2.75, 3.05) is 19.6 Å². The van der Waals surface area contributed by atoms with Crippen LogP contribution in [0.3, 0.4) is 0 Å². The molecule has 3 fully saturated rings. The van der Waals surface area contributed by atoms with E-state index in [1.54, 1.807) is 6.20 Å². The van der Waals surface area contributed by atoms with Crippen molar-refractivity contribution in [3.8, 4) is 0 Å². The number of hydrogen-bond donors (Lipinski definition) is 0. The summed E-state index contributed by atoms with van der Waals surface area (Å²) in [6.07, 6.45) is 6.63. The standard InChI is InChI=1S/C12H16N2O/c1-9-7-13-15-12(9)6-11-8-14-4-2-10(11)3-5-14/h6-7,10H,2-5,8H2,1H3/b11-6+. The molecule has 4 heterocycles. The third-order valence-electron chi connectivity index (χ3n) is 3.62. The predicted octanol–water partition coefficient (Wildman–Crippen LogP) is 2.09. The number of aromatic nitrogens is 1. The van der Waals surface area contributed by atoms with Gasteiger partial charge < -0.3 is 4.52 Å². The highest BCUT2D eigenvalue weighted by Crippen LogP contribution is 2.33. The normalized spacial score (nSPS) is 32.5. The molecule has 0 saturated carbocycles. The average Bonchev–Trinajstić information content (AvgIpc) is 2.66. The zero-order chi connectivity index (χ0) is 10.3. The molecule has 3 saturated heterocycles. The molecule has 0 amide bonds. The van der Waals surface area contributed by atoms with Gasteiger partial charge in [-0.2, -0.15) is 0 Å². The molecule has 3 aliphatic rings. The lowest BCUT2D eigenvalue weighted by Crippen LogP contribution is -2.42. The number of piperidine rings is 3. The molecule has 2 bridgehead atoms. The van der Waals surface area contributed by atoms with Crippen molar-refractivity contribution < 1.29 is 4.52 Å². The van der Waals surface area contributed by atoms with Crippen LogP contribution in [0.2, 0.25) is 0 Å². The van der Waals surface area contributed by atoms with Crippen LogP contribution in [0, 0.1) is 12.8 Å². The minimum absolute atomic E-state index is 0.791. The molecule has 1 aromatic heterocycles. The third kappa shape index (κ3) is 1.61. The van der Waals surface area contributed by atoms with Crippen molar-refractivity contribution >= 4 is 6.08 Å². The third-order valence-corrected chi connectivity index (χ3v) is 3.62. The van der Waals surface area contributed by atoms with Gasteiger partial charge in [0.1, 0.15) is 0 Å². The Balaban J connectivity index is 1.88. The first-order valence-electron chi connectivity index (χ1n) is 5.67. The van der Waals surface area contributed by atoms with Crippen molar-refractivity contribution in [1.29, 1.82) is 0 Å². The summed E-state index contributed by atoms with van der Waals surface area (Å²) in [6, 6.07) is 0. The van der Waals surface area contributed by atoms with E-state index >= 15 is 0 Å². The Labute approximate surface area is 89.7 Å². The molecular weight excluding hydrogens is 188 g/mol. The van der Waals surface area contributed by atoms with Crippen molar-refractivity contribution in [3.05, 3.63) is 23.1 Å². The van der Waals surface area contributed by atoms with Gasteiger partial charge in [0, 0.05) is 12.1 Å². The maximum atomic E-state index is 5.23. The minimum atomic E-state index is 0.791. The lowest BCUT2D eigenvalue weighted by Gasteiger charge is -2.40. The SMILES string of the molecule is Cc1cnoc1/C=C1\CN2CCC1CC2. The van der Waals surface area contributed by atoms with Crippen LogP contribution >= 0.6 is 0 Å². The van der Waals surface area contributed by atoms with Crippen molar-refractivity contribution in [1.82, 2.24) is 10.1 Å². The summed E-state index contributed by atoms with van der Waals surface area (Å²) in [5.74, 6) is 1.73. The van der Waals surface area contributed by atoms with Gasteiger partial charge in [-0.15, -0.1) is 0 Å². The average molecular weight is 204 g/mol. The van der Waals surface area contributed by atoms with Gasteiger partial charge in [0.25, 0.3) is 0 Å². The molecule has 80 valence electrons. The lowest BCUT2D eigenvalue weighted by molar-refractivity contribution is 0.163. The Morgan fingerprint density at radius 1 is 1.47 bits per heavy atom. The van der Waals surface area contributed by atoms with Crippen LogP contribution in [0.25, 0.3) is 6.08 Å². The van der Waals surface area contributed by atoms with Gasteiger partial charge in [-0.25, -0.2) is 0 Å². The van der Waals surface area contributed by atoms with Crippen LogP contribution in [0.5, 0.6) is 0 Å². The van der Waals surface area contributed by atoms with E-state index < -0.39 is 0 Å². The molecule has 0 aromatic carbocycles. The Hall–Kier alpha value is -1.09. The summed E-state index contributed by atoms with van der Waals surface area (Å²) in [5.41, 5.74) is 2.67. The van der Waals surface area contributed by atoms with Gasteiger partial charge in [0.05, 0.1) is 6.20 Å². The molecule has 3 aliphatic heterocycles. The van der Waals surface area contributed by atoms with E-state index in [4.69, 9.17) is 4.52 Å². The van der Waals surface area contributed by atoms with E-state index in [0.29, 0.717) is 0 Å². The Morgan fingerprint density at radius 3 is 2.80 bits per heavy atom. The molecule has 15 heavy (non-hydrogen) atoms. The van der Waals surface area contributed by atoms with Crippen LogP contribution in [-0.4, -0.2) is 29.7 Å². The zero-order valence-corrected chi connectivity index (χ0v) is 9.07. The molecular formula is C12H16N2O. The molecule has 3 nitrogen and oxygen atoms in total. The minimum Gasteiger partial charge on any atom is -0.357 e. The summed E-state index contributed by atoms with van der Waals surface area (Å²) < 4.78 is 5.23.